The van der Waals surface area contributed by atoms with Crippen LogP contribution in [0.4, 0.5) is 10.1 Å². The second-order valence-corrected chi connectivity index (χ2v) is 2.39. The van der Waals surface area contributed by atoms with Crippen molar-refractivity contribution in [3.8, 4) is 0 Å². The van der Waals surface area contributed by atoms with E-state index in [9.17, 15) is 4.39 Å². The topological polar surface area (TPSA) is 12.0 Å². The lowest BCUT2D eigenvalue weighted by Crippen LogP contribution is -1.95. The van der Waals surface area contributed by atoms with E-state index in [4.69, 9.17) is 0 Å². The molecule has 0 aliphatic carbocycles. The van der Waals surface area contributed by atoms with Gasteiger partial charge in [0.15, 0.2) is 0 Å². The summed E-state index contributed by atoms with van der Waals surface area (Å²) < 4.78 is 12.8. The largest absolute Gasteiger partial charge is 0.357 e. The molecule has 0 radical (unpaired) electrons. The van der Waals surface area contributed by atoms with Gasteiger partial charge in [0.25, 0.3) is 0 Å². The smallest absolute Gasteiger partial charge is 0.146 e. The molecule has 11 heavy (non-hydrogen) atoms. The van der Waals surface area contributed by atoms with E-state index in [-0.39, 0.29) is 5.82 Å². The Balaban J connectivity index is 2.86. The molecular formula is C9H10FN. The lowest BCUT2D eigenvalue weighted by molar-refractivity contribution is 0.631. The molecule has 1 rings (SSSR count). The Morgan fingerprint density at radius 1 is 1.45 bits per heavy atom. The van der Waals surface area contributed by atoms with Gasteiger partial charge in [0, 0.05) is 5.70 Å². The number of nitrogens with one attached hydrogen (secondary N) is 1. The van der Waals surface area contributed by atoms with Crippen molar-refractivity contribution < 1.29 is 4.39 Å². The van der Waals surface area contributed by atoms with Crippen LogP contribution in [0, 0.1) is 5.82 Å². The quantitative estimate of drug-likeness (QED) is 0.685. The summed E-state index contributed by atoms with van der Waals surface area (Å²) in [6, 6.07) is 6.50. The molecule has 0 fully saturated rings. The van der Waals surface area contributed by atoms with Crippen molar-refractivity contribution in [2.45, 2.75) is 6.92 Å². The maximum Gasteiger partial charge on any atom is 0.146 e. The van der Waals surface area contributed by atoms with E-state index < -0.39 is 0 Å². The molecule has 2 heteroatoms. The molecule has 0 aromatic heterocycles. The fourth-order valence-electron chi connectivity index (χ4n) is 0.792. The number of halogens is 1. The van der Waals surface area contributed by atoms with Crippen LogP contribution in [-0.4, -0.2) is 0 Å². The van der Waals surface area contributed by atoms with E-state index in [1.165, 1.54) is 6.07 Å². The first-order valence-electron chi connectivity index (χ1n) is 3.37. The zero-order chi connectivity index (χ0) is 8.27. The lowest BCUT2D eigenvalue weighted by atomic mass is 10.3. The number of hydrogen-bond donors (Lipinski definition) is 1. The van der Waals surface area contributed by atoms with Crippen LogP contribution in [0.15, 0.2) is 36.5 Å². The zero-order valence-corrected chi connectivity index (χ0v) is 6.39. The fraction of sp³-hybridized carbons (Fsp3) is 0.111. The Bertz CT molecular complexity index is 268. The molecule has 58 valence electrons. The van der Waals surface area contributed by atoms with Crippen LogP contribution in [0.2, 0.25) is 0 Å². The third kappa shape index (κ3) is 2.08. The van der Waals surface area contributed by atoms with Crippen LogP contribution in [0.5, 0.6) is 0 Å². The van der Waals surface area contributed by atoms with Crippen molar-refractivity contribution in [2.24, 2.45) is 0 Å². The summed E-state index contributed by atoms with van der Waals surface area (Å²) in [5, 5.41) is 2.80. The van der Waals surface area contributed by atoms with Crippen molar-refractivity contribution in [1.82, 2.24) is 0 Å². The summed E-state index contributed by atoms with van der Waals surface area (Å²) in [5.74, 6) is -0.254. The van der Waals surface area contributed by atoms with Gasteiger partial charge in [-0.2, -0.15) is 0 Å². The molecule has 0 atom stereocenters. The highest BCUT2D eigenvalue weighted by Gasteiger charge is 1.97. The Hall–Kier alpha value is -1.31. The molecule has 1 aromatic rings. The second kappa shape index (κ2) is 3.19. The van der Waals surface area contributed by atoms with Crippen molar-refractivity contribution in [3.63, 3.8) is 0 Å². The minimum absolute atomic E-state index is 0.254. The molecule has 0 saturated heterocycles. The molecule has 0 saturated carbocycles. The predicted molar refractivity (Wildman–Crippen MR) is 44.8 cm³/mol. The van der Waals surface area contributed by atoms with Crippen LogP contribution in [0.1, 0.15) is 6.92 Å². The number of anilines is 1. The predicted octanol–water partition coefficient (Wildman–Crippen LogP) is 2.77. The van der Waals surface area contributed by atoms with E-state index in [1.807, 2.05) is 0 Å². The van der Waals surface area contributed by atoms with Crippen LogP contribution in [0.25, 0.3) is 0 Å². The molecular weight excluding hydrogens is 141 g/mol. The minimum atomic E-state index is -0.254. The van der Waals surface area contributed by atoms with Gasteiger partial charge < -0.3 is 5.32 Å². The summed E-state index contributed by atoms with van der Waals surface area (Å²) in [6.45, 7) is 5.40. The molecule has 0 amide bonds. The highest BCUT2D eigenvalue weighted by molar-refractivity contribution is 5.48. The fourth-order valence-corrected chi connectivity index (χ4v) is 0.792. The van der Waals surface area contributed by atoms with Gasteiger partial charge in [-0.1, -0.05) is 18.7 Å². The Morgan fingerprint density at radius 3 is 2.64 bits per heavy atom. The van der Waals surface area contributed by atoms with Crippen LogP contribution >= 0.6 is 0 Å². The number of benzene rings is 1. The summed E-state index contributed by atoms with van der Waals surface area (Å²) >= 11 is 0. The van der Waals surface area contributed by atoms with Crippen molar-refractivity contribution in [2.75, 3.05) is 5.32 Å². The van der Waals surface area contributed by atoms with Gasteiger partial charge in [0.1, 0.15) is 5.82 Å². The van der Waals surface area contributed by atoms with Gasteiger partial charge in [-0.3, -0.25) is 0 Å². The Labute approximate surface area is 65.6 Å². The van der Waals surface area contributed by atoms with Gasteiger partial charge in [0.05, 0.1) is 5.69 Å². The third-order valence-electron chi connectivity index (χ3n) is 1.22. The average Bonchev–Trinajstić information content (AvgIpc) is 1.93. The van der Waals surface area contributed by atoms with Gasteiger partial charge in [0.2, 0.25) is 0 Å². The first kappa shape index (κ1) is 7.79. The molecule has 0 spiro atoms. The summed E-state index contributed by atoms with van der Waals surface area (Å²) in [7, 11) is 0. The highest BCUT2D eigenvalue weighted by atomic mass is 19.1. The number of para-hydroxylation sites is 1. The van der Waals surface area contributed by atoms with E-state index in [1.54, 1.807) is 25.1 Å². The maximum absolute atomic E-state index is 12.8. The molecule has 1 nitrogen and oxygen atoms in total. The van der Waals surface area contributed by atoms with Crippen LogP contribution in [0.3, 0.4) is 0 Å². The first-order chi connectivity index (χ1) is 5.20. The zero-order valence-electron chi connectivity index (χ0n) is 6.39. The summed E-state index contributed by atoms with van der Waals surface area (Å²) in [5.41, 5.74) is 1.20. The molecule has 0 unspecified atom stereocenters. The van der Waals surface area contributed by atoms with E-state index in [0.29, 0.717) is 5.69 Å². The van der Waals surface area contributed by atoms with Gasteiger partial charge >= 0.3 is 0 Å². The standard InChI is InChI=1S/C9H10FN/c1-7(2)11-9-6-4-3-5-8(9)10/h3-6,11H,1H2,2H3. The van der Waals surface area contributed by atoms with Crippen molar-refractivity contribution in [1.29, 1.82) is 0 Å². The lowest BCUT2D eigenvalue weighted by Gasteiger charge is -2.04. The molecule has 0 aliphatic rings. The minimum Gasteiger partial charge on any atom is -0.357 e. The molecule has 0 heterocycles. The molecule has 0 bridgehead atoms. The van der Waals surface area contributed by atoms with Gasteiger partial charge in [-0.15, -0.1) is 0 Å². The molecule has 1 N–H and O–H groups in total. The first-order valence-corrected chi connectivity index (χ1v) is 3.37. The number of allylic oxidation sites excluding steroid dienone is 1. The molecule has 1 aromatic carbocycles. The van der Waals surface area contributed by atoms with Crippen molar-refractivity contribution in [3.05, 3.63) is 42.4 Å². The Kier molecular flexibility index (Phi) is 2.26. The molecule has 0 aliphatic heterocycles. The Morgan fingerprint density at radius 2 is 2.09 bits per heavy atom. The number of hydrogen-bond acceptors (Lipinski definition) is 1. The third-order valence-corrected chi connectivity index (χ3v) is 1.22. The van der Waals surface area contributed by atoms with Gasteiger partial charge in [-0.25, -0.2) is 4.39 Å². The monoisotopic (exact) mass is 151 g/mol. The normalized spacial score (nSPS) is 9.27. The van der Waals surface area contributed by atoms with Gasteiger partial charge in [-0.05, 0) is 19.1 Å². The number of rotatable bonds is 2. The van der Waals surface area contributed by atoms with E-state index in [2.05, 4.69) is 11.9 Å². The maximum atomic E-state index is 12.8. The summed E-state index contributed by atoms with van der Waals surface area (Å²) in [6.07, 6.45) is 0. The second-order valence-electron chi connectivity index (χ2n) is 2.39. The highest BCUT2D eigenvalue weighted by Crippen LogP contribution is 2.13. The van der Waals surface area contributed by atoms with E-state index in [0.717, 1.165) is 5.70 Å². The van der Waals surface area contributed by atoms with Crippen molar-refractivity contribution >= 4 is 5.69 Å². The van der Waals surface area contributed by atoms with Crippen LogP contribution < -0.4 is 5.32 Å². The van der Waals surface area contributed by atoms with Crippen LogP contribution in [-0.2, 0) is 0 Å². The SMILES string of the molecule is C=C(C)Nc1ccccc1F. The summed E-state index contributed by atoms with van der Waals surface area (Å²) in [4.78, 5) is 0. The van der Waals surface area contributed by atoms with E-state index >= 15 is 0 Å². The average molecular weight is 151 g/mol.